The van der Waals surface area contributed by atoms with E-state index < -0.39 is 6.03 Å². The zero-order chi connectivity index (χ0) is 18.4. The molecule has 1 aromatic carbocycles. The zero-order valence-electron chi connectivity index (χ0n) is 14.5. The molecule has 0 atom stereocenters. The molecular formula is C17H21N5O3S. The number of piperidine rings is 1. The average Bonchev–Trinajstić information content (AvgIpc) is 3.09. The number of urea groups is 1. The fourth-order valence-electron chi connectivity index (χ4n) is 2.76. The number of nitrogens with zero attached hydrogens (tertiary/aromatic N) is 3. The van der Waals surface area contributed by atoms with E-state index in [0.29, 0.717) is 21.6 Å². The van der Waals surface area contributed by atoms with Crippen molar-refractivity contribution in [2.45, 2.75) is 25.7 Å². The Hall–Kier alpha value is -2.68. The number of hydrogen-bond donors (Lipinski definition) is 2. The Morgan fingerprint density at radius 3 is 2.69 bits per heavy atom. The Morgan fingerprint density at radius 2 is 1.92 bits per heavy atom. The fraction of sp³-hybridized carbons (Fsp3) is 0.412. The second-order valence-electron chi connectivity index (χ2n) is 5.90. The van der Waals surface area contributed by atoms with Crippen LogP contribution >= 0.6 is 11.3 Å². The van der Waals surface area contributed by atoms with Gasteiger partial charge in [-0.05, 0) is 31.4 Å². The predicted octanol–water partition coefficient (Wildman–Crippen LogP) is 2.75. The van der Waals surface area contributed by atoms with Crippen LogP contribution in [-0.2, 0) is 11.2 Å². The average molecular weight is 375 g/mol. The Balaban J connectivity index is 1.54. The number of anilines is 2. The smallest absolute Gasteiger partial charge is 0.325 e. The highest BCUT2D eigenvalue weighted by Crippen LogP contribution is 2.23. The maximum absolute atomic E-state index is 12.3. The molecule has 0 radical (unpaired) electrons. The zero-order valence-corrected chi connectivity index (χ0v) is 15.3. The number of para-hydroxylation sites is 2. The van der Waals surface area contributed by atoms with Gasteiger partial charge < -0.3 is 15.0 Å². The van der Waals surface area contributed by atoms with Gasteiger partial charge in [0.05, 0.1) is 19.2 Å². The van der Waals surface area contributed by atoms with Gasteiger partial charge in [-0.2, -0.15) is 0 Å². The number of nitrogens with one attached hydrogen (secondary N) is 2. The molecule has 1 fully saturated rings. The van der Waals surface area contributed by atoms with Gasteiger partial charge in [0.2, 0.25) is 11.0 Å². The van der Waals surface area contributed by atoms with Gasteiger partial charge in [0, 0.05) is 13.1 Å². The van der Waals surface area contributed by atoms with Crippen molar-refractivity contribution in [1.29, 1.82) is 0 Å². The lowest BCUT2D eigenvalue weighted by Gasteiger charge is -2.26. The first-order valence-electron chi connectivity index (χ1n) is 8.47. The number of likely N-dealkylation sites (tertiary alicyclic amines) is 1. The lowest BCUT2D eigenvalue weighted by atomic mass is 10.1. The molecule has 2 heterocycles. The maximum atomic E-state index is 12.3. The van der Waals surface area contributed by atoms with Crippen molar-refractivity contribution in [1.82, 2.24) is 15.1 Å². The lowest BCUT2D eigenvalue weighted by molar-refractivity contribution is -0.131. The number of aromatic nitrogens is 2. The first kappa shape index (κ1) is 18.1. The van der Waals surface area contributed by atoms with Gasteiger partial charge >= 0.3 is 6.03 Å². The molecule has 3 rings (SSSR count). The minimum absolute atomic E-state index is 0.0610. The van der Waals surface area contributed by atoms with Crippen LogP contribution in [0, 0.1) is 0 Å². The van der Waals surface area contributed by atoms with Gasteiger partial charge in [0.25, 0.3) is 0 Å². The summed E-state index contributed by atoms with van der Waals surface area (Å²) in [5, 5.41) is 14.2. The normalized spacial score (nSPS) is 14.0. The number of methoxy groups -OCH3 is 1. The Bertz CT molecular complexity index is 773. The first-order valence-corrected chi connectivity index (χ1v) is 9.28. The van der Waals surface area contributed by atoms with Gasteiger partial charge in [-0.25, -0.2) is 4.79 Å². The number of carbonyl (C=O) groups is 2. The van der Waals surface area contributed by atoms with Gasteiger partial charge in [0.1, 0.15) is 10.8 Å². The molecule has 1 aliphatic heterocycles. The van der Waals surface area contributed by atoms with E-state index in [1.54, 1.807) is 18.2 Å². The van der Waals surface area contributed by atoms with Crippen LogP contribution in [0.5, 0.6) is 5.75 Å². The second kappa shape index (κ2) is 8.61. The van der Waals surface area contributed by atoms with Crippen LogP contribution in [0.25, 0.3) is 0 Å². The van der Waals surface area contributed by atoms with Crippen LogP contribution in [0.15, 0.2) is 24.3 Å². The molecule has 1 aromatic heterocycles. The van der Waals surface area contributed by atoms with E-state index in [1.807, 2.05) is 11.0 Å². The molecular weight excluding hydrogens is 354 g/mol. The van der Waals surface area contributed by atoms with E-state index >= 15 is 0 Å². The molecule has 1 saturated heterocycles. The molecule has 0 aliphatic carbocycles. The highest BCUT2D eigenvalue weighted by atomic mass is 32.1. The lowest BCUT2D eigenvalue weighted by Crippen LogP contribution is -2.36. The minimum atomic E-state index is -0.445. The monoisotopic (exact) mass is 375 g/mol. The molecule has 0 spiro atoms. The summed E-state index contributed by atoms with van der Waals surface area (Å²) in [5.41, 5.74) is 0.553. The van der Waals surface area contributed by atoms with Crippen molar-refractivity contribution in [3.63, 3.8) is 0 Å². The first-order chi connectivity index (χ1) is 12.7. The summed E-state index contributed by atoms with van der Waals surface area (Å²) < 4.78 is 5.19. The summed E-state index contributed by atoms with van der Waals surface area (Å²) in [4.78, 5) is 26.2. The molecule has 1 aliphatic rings. The summed E-state index contributed by atoms with van der Waals surface area (Å²) in [6.07, 6.45) is 3.50. The number of amides is 3. The highest BCUT2D eigenvalue weighted by molar-refractivity contribution is 7.15. The SMILES string of the molecule is COc1ccccc1NC(=O)Nc1nnc(CC(=O)N2CCCCC2)s1. The number of hydrogen-bond acceptors (Lipinski definition) is 6. The Morgan fingerprint density at radius 1 is 1.15 bits per heavy atom. The summed E-state index contributed by atoms with van der Waals surface area (Å²) >= 11 is 1.20. The highest BCUT2D eigenvalue weighted by Gasteiger charge is 2.19. The predicted molar refractivity (Wildman–Crippen MR) is 99.7 cm³/mol. The fourth-order valence-corrected chi connectivity index (χ4v) is 3.48. The largest absolute Gasteiger partial charge is 0.495 e. The van der Waals surface area contributed by atoms with Gasteiger partial charge in [-0.1, -0.05) is 23.5 Å². The van der Waals surface area contributed by atoms with Gasteiger partial charge in [0.15, 0.2) is 0 Å². The molecule has 138 valence electrons. The van der Waals surface area contributed by atoms with Crippen LogP contribution in [0.1, 0.15) is 24.3 Å². The van der Waals surface area contributed by atoms with Crippen molar-refractivity contribution < 1.29 is 14.3 Å². The van der Waals surface area contributed by atoms with Crippen molar-refractivity contribution in [3.05, 3.63) is 29.3 Å². The third-order valence-corrected chi connectivity index (χ3v) is 4.89. The molecule has 2 aromatic rings. The van der Waals surface area contributed by atoms with Crippen LogP contribution in [0.2, 0.25) is 0 Å². The quantitative estimate of drug-likeness (QED) is 0.838. The van der Waals surface area contributed by atoms with E-state index in [4.69, 9.17) is 4.74 Å². The minimum Gasteiger partial charge on any atom is -0.495 e. The van der Waals surface area contributed by atoms with E-state index in [9.17, 15) is 9.59 Å². The topological polar surface area (TPSA) is 96.5 Å². The maximum Gasteiger partial charge on any atom is 0.325 e. The summed E-state index contributed by atoms with van der Waals surface area (Å²) in [6.45, 7) is 1.62. The van der Waals surface area contributed by atoms with Crippen LogP contribution in [0.3, 0.4) is 0 Å². The van der Waals surface area contributed by atoms with Gasteiger partial charge in [-0.3, -0.25) is 10.1 Å². The summed E-state index contributed by atoms with van der Waals surface area (Å²) in [7, 11) is 1.54. The van der Waals surface area contributed by atoms with E-state index in [2.05, 4.69) is 20.8 Å². The standard InChI is InChI=1S/C17H21N5O3S/c1-25-13-8-4-3-7-12(13)18-16(24)19-17-21-20-14(26-17)11-15(23)22-9-5-2-6-10-22/h3-4,7-8H,2,5-6,9-11H2,1H3,(H2,18,19,21,24). The number of rotatable bonds is 5. The second-order valence-corrected chi connectivity index (χ2v) is 6.96. The van der Waals surface area contributed by atoms with Crippen LogP contribution in [0.4, 0.5) is 15.6 Å². The molecule has 26 heavy (non-hydrogen) atoms. The molecule has 0 bridgehead atoms. The van der Waals surface area contributed by atoms with E-state index in [0.717, 1.165) is 25.9 Å². The number of ether oxygens (including phenoxy) is 1. The number of benzene rings is 1. The summed E-state index contributed by atoms with van der Waals surface area (Å²) in [6, 6.07) is 6.66. The van der Waals surface area contributed by atoms with Gasteiger partial charge in [-0.15, -0.1) is 10.2 Å². The van der Waals surface area contributed by atoms with Crippen LogP contribution in [-0.4, -0.2) is 47.2 Å². The van der Waals surface area contributed by atoms with Crippen molar-refractivity contribution in [2.75, 3.05) is 30.8 Å². The van der Waals surface area contributed by atoms with Crippen molar-refractivity contribution in [3.8, 4) is 5.75 Å². The van der Waals surface area contributed by atoms with Crippen molar-refractivity contribution in [2.24, 2.45) is 0 Å². The third kappa shape index (κ3) is 4.69. The van der Waals surface area contributed by atoms with Crippen LogP contribution < -0.4 is 15.4 Å². The Kier molecular flexibility index (Phi) is 6.00. The van der Waals surface area contributed by atoms with E-state index in [1.165, 1.54) is 24.9 Å². The third-order valence-electron chi connectivity index (χ3n) is 4.05. The number of carbonyl (C=O) groups excluding carboxylic acids is 2. The molecule has 0 saturated carbocycles. The van der Waals surface area contributed by atoms with E-state index in [-0.39, 0.29) is 12.3 Å². The summed E-state index contributed by atoms with van der Waals surface area (Å²) in [5.74, 6) is 0.624. The van der Waals surface area contributed by atoms with Crippen molar-refractivity contribution >= 4 is 34.1 Å². The molecule has 9 heteroatoms. The molecule has 2 N–H and O–H groups in total. The Labute approximate surface area is 155 Å². The molecule has 3 amide bonds. The molecule has 8 nitrogen and oxygen atoms in total. The molecule has 0 unspecified atom stereocenters.